The maximum Gasteiger partial charge on any atom is 0.335 e. The predicted molar refractivity (Wildman–Crippen MR) is 97.1 cm³/mol. The summed E-state index contributed by atoms with van der Waals surface area (Å²) < 4.78 is 23.3. The van der Waals surface area contributed by atoms with Gasteiger partial charge in [0.15, 0.2) is 9.84 Å². The minimum atomic E-state index is -3.58. The molecule has 0 bridgehead atoms. The molecule has 0 fully saturated rings. The van der Waals surface area contributed by atoms with Gasteiger partial charge in [0.25, 0.3) is 0 Å². The first-order chi connectivity index (χ1) is 11.6. The smallest absolute Gasteiger partial charge is 0.335 e. The highest BCUT2D eigenvalue weighted by Gasteiger charge is 2.15. The Morgan fingerprint density at radius 3 is 2.48 bits per heavy atom. The third-order valence-electron chi connectivity index (χ3n) is 3.49. The zero-order valence-corrected chi connectivity index (χ0v) is 15.5. The quantitative estimate of drug-likeness (QED) is 0.767. The first kappa shape index (κ1) is 19.1. The standard InChI is InChI=1S/C17H19NO5S2/c1-11-6-7-14(24-11)4-3-5-16(19)18-13-8-12(17(20)21)9-15(10-13)25(2,22)23/h6-10H,3-5H2,1-2H3,(H,18,19)(H,20,21). The van der Waals surface area contributed by atoms with Gasteiger partial charge in [0.2, 0.25) is 5.91 Å². The molecule has 6 nitrogen and oxygen atoms in total. The van der Waals surface area contributed by atoms with Crippen LogP contribution in [0.3, 0.4) is 0 Å². The molecule has 8 heteroatoms. The van der Waals surface area contributed by atoms with E-state index in [-0.39, 0.29) is 28.5 Å². The number of sulfone groups is 1. The van der Waals surface area contributed by atoms with E-state index in [1.165, 1.54) is 21.9 Å². The number of nitrogens with one attached hydrogen (secondary N) is 1. The Morgan fingerprint density at radius 2 is 1.92 bits per heavy atom. The predicted octanol–water partition coefficient (Wildman–Crippen LogP) is 3.12. The van der Waals surface area contributed by atoms with Crippen LogP contribution < -0.4 is 5.32 Å². The molecule has 0 radical (unpaired) electrons. The number of anilines is 1. The largest absolute Gasteiger partial charge is 0.478 e. The van der Waals surface area contributed by atoms with Crippen molar-refractivity contribution in [3.05, 3.63) is 45.6 Å². The Hall–Kier alpha value is -2.19. The maximum atomic E-state index is 12.0. The summed E-state index contributed by atoms with van der Waals surface area (Å²) in [4.78, 5) is 25.5. The molecule has 0 atom stereocenters. The lowest BCUT2D eigenvalue weighted by molar-refractivity contribution is -0.116. The number of rotatable bonds is 7. The summed E-state index contributed by atoms with van der Waals surface area (Å²) in [6.45, 7) is 2.02. The van der Waals surface area contributed by atoms with Crippen LogP contribution in [-0.4, -0.2) is 31.7 Å². The van der Waals surface area contributed by atoms with Crippen LogP contribution in [0.25, 0.3) is 0 Å². The normalized spacial score (nSPS) is 11.3. The highest BCUT2D eigenvalue weighted by molar-refractivity contribution is 7.90. The molecule has 2 aromatic rings. The second kappa shape index (κ2) is 7.79. The van der Waals surface area contributed by atoms with Gasteiger partial charge in [-0.15, -0.1) is 11.3 Å². The fourth-order valence-electron chi connectivity index (χ4n) is 2.27. The monoisotopic (exact) mass is 381 g/mol. The van der Waals surface area contributed by atoms with E-state index in [4.69, 9.17) is 5.11 Å². The van der Waals surface area contributed by atoms with Crippen molar-refractivity contribution in [3.63, 3.8) is 0 Å². The molecule has 0 saturated carbocycles. The number of amides is 1. The van der Waals surface area contributed by atoms with Gasteiger partial charge in [0.1, 0.15) is 0 Å². The highest BCUT2D eigenvalue weighted by Crippen LogP contribution is 2.20. The summed E-state index contributed by atoms with van der Waals surface area (Å²) >= 11 is 1.69. The van der Waals surface area contributed by atoms with Crippen molar-refractivity contribution < 1.29 is 23.1 Å². The minimum absolute atomic E-state index is 0.142. The van der Waals surface area contributed by atoms with Crippen LogP contribution in [0.1, 0.15) is 33.0 Å². The molecule has 1 aromatic heterocycles. The molecule has 0 unspecified atom stereocenters. The van der Waals surface area contributed by atoms with Crippen molar-refractivity contribution in [1.82, 2.24) is 0 Å². The van der Waals surface area contributed by atoms with Gasteiger partial charge in [0, 0.05) is 28.1 Å². The molecule has 0 aliphatic rings. The zero-order chi connectivity index (χ0) is 18.6. The van der Waals surface area contributed by atoms with Gasteiger partial charge in [-0.1, -0.05) is 0 Å². The van der Waals surface area contributed by atoms with Gasteiger partial charge in [-0.2, -0.15) is 0 Å². The number of carbonyl (C=O) groups excluding carboxylic acids is 1. The molecule has 1 amide bonds. The number of carbonyl (C=O) groups is 2. The number of aryl methyl sites for hydroxylation is 2. The van der Waals surface area contributed by atoms with E-state index in [9.17, 15) is 18.0 Å². The Bertz CT molecular complexity index is 900. The second-order valence-electron chi connectivity index (χ2n) is 5.74. The molecular weight excluding hydrogens is 362 g/mol. The molecule has 134 valence electrons. The first-order valence-corrected chi connectivity index (χ1v) is 10.3. The molecule has 2 rings (SSSR count). The molecular formula is C17H19NO5S2. The molecule has 0 spiro atoms. The van der Waals surface area contributed by atoms with E-state index >= 15 is 0 Å². The SMILES string of the molecule is Cc1ccc(CCCC(=O)Nc2cc(C(=O)O)cc(S(C)(=O)=O)c2)s1. The van der Waals surface area contributed by atoms with Crippen molar-refractivity contribution in [2.45, 2.75) is 31.1 Å². The van der Waals surface area contributed by atoms with E-state index in [0.29, 0.717) is 6.42 Å². The van der Waals surface area contributed by atoms with Crippen molar-refractivity contribution in [2.75, 3.05) is 11.6 Å². The third kappa shape index (κ3) is 5.68. The number of hydrogen-bond acceptors (Lipinski definition) is 5. The van der Waals surface area contributed by atoms with Gasteiger partial charge in [-0.3, -0.25) is 4.79 Å². The molecule has 0 saturated heterocycles. The van der Waals surface area contributed by atoms with Crippen molar-refractivity contribution in [1.29, 1.82) is 0 Å². The molecule has 1 heterocycles. The van der Waals surface area contributed by atoms with Crippen molar-refractivity contribution in [2.24, 2.45) is 0 Å². The summed E-state index contributed by atoms with van der Waals surface area (Å²) in [7, 11) is -3.58. The molecule has 2 N–H and O–H groups in total. The summed E-state index contributed by atoms with van der Waals surface area (Å²) in [6.07, 6.45) is 2.70. The van der Waals surface area contributed by atoms with Crippen LogP contribution in [0.2, 0.25) is 0 Å². The number of hydrogen-bond donors (Lipinski definition) is 2. The van der Waals surface area contributed by atoms with E-state index < -0.39 is 15.8 Å². The number of carboxylic acids is 1. The van der Waals surface area contributed by atoms with Gasteiger partial charge in [-0.25, -0.2) is 13.2 Å². The Balaban J connectivity index is 2.04. The average molecular weight is 381 g/mol. The highest BCUT2D eigenvalue weighted by atomic mass is 32.2. The summed E-state index contributed by atoms with van der Waals surface area (Å²) in [6, 6.07) is 7.66. The summed E-state index contributed by atoms with van der Waals surface area (Å²) in [5.41, 5.74) is -0.0235. The number of aromatic carboxylic acids is 1. The van der Waals surface area contributed by atoms with Crippen LogP contribution in [0.4, 0.5) is 5.69 Å². The van der Waals surface area contributed by atoms with Crippen LogP contribution in [-0.2, 0) is 21.1 Å². The number of benzene rings is 1. The average Bonchev–Trinajstić information content (AvgIpc) is 2.91. The van der Waals surface area contributed by atoms with Crippen LogP contribution in [0.15, 0.2) is 35.2 Å². The Labute approximate surface area is 150 Å². The van der Waals surface area contributed by atoms with Gasteiger partial charge in [-0.05, 0) is 50.1 Å². The zero-order valence-electron chi connectivity index (χ0n) is 13.9. The van der Waals surface area contributed by atoms with Crippen LogP contribution in [0.5, 0.6) is 0 Å². The number of carboxylic acid groups (broad SMARTS) is 1. The Morgan fingerprint density at radius 1 is 1.20 bits per heavy atom. The van der Waals surface area contributed by atoms with Gasteiger partial charge < -0.3 is 10.4 Å². The molecule has 1 aromatic carbocycles. The van der Waals surface area contributed by atoms with Gasteiger partial charge in [0.05, 0.1) is 10.5 Å². The topological polar surface area (TPSA) is 101 Å². The van der Waals surface area contributed by atoms with E-state index in [1.54, 1.807) is 11.3 Å². The maximum absolute atomic E-state index is 12.0. The lowest BCUT2D eigenvalue weighted by atomic mass is 10.2. The number of thiophene rings is 1. The molecule has 0 aliphatic carbocycles. The van der Waals surface area contributed by atoms with Crippen molar-refractivity contribution in [3.8, 4) is 0 Å². The fraction of sp³-hybridized carbons (Fsp3) is 0.294. The molecule has 25 heavy (non-hydrogen) atoms. The lowest BCUT2D eigenvalue weighted by Crippen LogP contribution is -2.13. The first-order valence-electron chi connectivity index (χ1n) is 7.59. The van der Waals surface area contributed by atoms with E-state index in [1.807, 2.05) is 19.1 Å². The minimum Gasteiger partial charge on any atom is -0.478 e. The summed E-state index contributed by atoms with van der Waals surface area (Å²) in [5, 5.41) is 11.7. The van der Waals surface area contributed by atoms with Crippen LogP contribution >= 0.6 is 11.3 Å². The second-order valence-corrected chi connectivity index (χ2v) is 9.13. The molecule has 0 aliphatic heterocycles. The van der Waals surface area contributed by atoms with E-state index in [0.717, 1.165) is 18.7 Å². The van der Waals surface area contributed by atoms with Crippen molar-refractivity contribution >= 4 is 38.7 Å². The third-order valence-corrected chi connectivity index (χ3v) is 5.64. The summed E-state index contributed by atoms with van der Waals surface area (Å²) in [5.74, 6) is -1.54. The van der Waals surface area contributed by atoms with Gasteiger partial charge >= 0.3 is 5.97 Å². The fourth-order valence-corrected chi connectivity index (χ4v) is 3.89. The van der Waals surface area contributed by atoms with E-state index in [2.05, 4.69) is 5.32 Å². The van der Waals surface area contributed by atoms with Crippen LogP contribution in [0, 0.1) is 6.92 Å². The lowest BCUT2D eigenvalue weighted by Gasteiger charge is -2.08. The Kier molecular flexibility index (Phi) is 5.97.